The summed E-state index contributed by atoms with van der Waals surface area (Å²) in [7, 11) is -13.7. The first kappa shape index (κ1) is 59.3. The molecule has 3 aromatic carbocycles. The van der Waals surface area contributed by atoms with Gasteiger partial charge in [-0.3, -0.25) is 28.0 Å². The zero-order chi connectivity index (χ0) is 56.1. The molecular weight excluding hydrogens is 1060 g/mol. The maximum atomic E-state index is 16.4. The second-order valence-corrected chi connectivity index (χ2v) is 24.7. The summed E-state index contributed by atoms with van der Waals surface area (Å²) in [5.41, 5.74) is 0.699. The molecule has 6 N–H and O–H groups in total. The molecule has 1 unspecified atom stereocenters. The van der Waals surface area contributed by atoms with Gasteiger partial charge in [-0.1, -0.05) is 32.4 Å². The number of aliphatic carboxylic acids is 2. The van der Waals surface area contributed by atoms with E-state index >= 15 is 8.78 Å². The summed E-state index contributed by atoms with van der Waals surface area (Å²) in [6, 6.07) is 9.14. The number of fused-ring (bicyclic) bond motifs is 2. The van der Waals surface area contributed by atoms with E-state index in [1.54, 1.807) is 56.9 Å². The number of amides is 1. The van der Waals surface area contributed by atoms with Gasteiger partial charge in [-0.15, -0.1) is 0 Å². The lowest BCUT2D eigenvalue weighted by Crippen LogP contribution is -2.33. The van der Waals surface area contributed by atoms with Gasteiger partial charge in [-0.05, 0) is 124 Å². The Morgan fingerprint density at radius 3 is 1.89 bits per heavy atom. The van der Waals surface area contributed by atoms with E-state index in [0.717, 1.165) is 0 Å². The van der Waals surface area contributed by atoms with E-state index in [-0.39, 0.29) is 73.2 Å². The van der Waals surface area contributed by atoms with E-state index in [0.29, 0.717) is 91.1 Å². The number of hydrogen-bond donors (Lipinski definition) is 6. The van der Waals surface area contributed by atoms with E-state index in [1.165, 1.54) is 36.4 Å². The number of carboxylic acid groups (broad SMARTS) is 2. The number of halogens is 3. The summed E-state index contributed by atoms with van der Waals surface area (Å²) in [6.45, 7) is 7.73. The van der Waals surface area contributed by atoms with Crippen LogP contribution in [0.2, 0.25) is 0 Å². The average molecular weight is 1120 g/mol. The first-order chi connectivity index (χ1) is 35.4. The summed E-state index contributed by atoms with van der Waals surface area (Å²) >= 11 is 0. The molecule has 1 atom stereocenters. The van der Waals surface area contributed by atoms with Crippen LogP contribution in [0, 0.1) is 23.4 Å². The molecule has 412 valence electrons. The van der Waals surface area contributed by atoms with Gasteiger partial charge in [-0.2, -0.15) is 29.8 Å². The molecule has 0 saturated heterocycles. The number of benzene rings is 3. The van der Waals surface area contributed by atoms with Crippen LogP contribution in [0.3, 0.4) is 0 Å². The topological polar surface area (TPSA) is 273 Å². The van der Waals surface area contributed by atoms with Crippen LogP contribution in [0.4, 0.5) is 24.5 Å². The average Bonchev–Trinajstić information content (AvgIpc) is 3.66. The molecule has 0 fully saturated rings. The van der Waals surface area contributed by atoms with Crippen molar-refractivity contribution < 1.29 is 81.3 Å². The number of anilines is 1. The lowest BCUT2D eigenvalue weighted by atomic mass is 9.75. The van der Waals surface area contributed by atoms with E-state index in [9.17, 15) is 62.8 Å². The highest BCUT2D eigenvalue weighted by molar-refractivity contribution is 7.86. The van der Waals surface area contributed by atoms with Crippen molar-refractivity contribution in [1.82, 2.24) is 5.32 Å². The Kier molecular flexibility index (Phi) is 18.5. The highest BCUT2D eigenvalue weighted by atomic mass is 32.2. The largest absolute Gasteiger partial charge is 0.481 e. The van der Waals surface area contributed by atoms with E-state index < -0.39 is 98.6 Å². The van der Waals surface area contributed by atoms with Crippen LogP contribution in [0.5, 0.6) is 0 Å². The van der Waals surface area contributed by atoms with Crippen LogP contribution in [0.15, 0.2) is 99.5 Å². The summed E-state index contributed by atoms with van der Waals surface area (Å²) < 4.78 is 152. The van der Waals surface area contributed by atoms with E-state index in [1.807, 2.05) is 4.58 Å². The molecule has 0 radical (unpaired) electrons. The summed E-state index contributed by atoms with van der Waals surface area (Å²) in [6.07, 6.45) is 8.93. The number of carbonyl (C=O) groups is 3. The summed E-state index contributed by atoms with van der Waals surface area (Å²) in [5, 5.41) is 21.3. The number of rotatable bonds is 24. The van der Waals surface area contributed by atoms with Crippen molar-refractivity contribution in [2.24, 2.45) is 5.92 Å². The van der Waals surface area contributed by atoms with E-state index in [4.69, 9.17) is 5.11 Å². The van der Waals surface area contributed by atoms with Gasteiger partial charge < -0.3 is 20.4 Å². The molecule has 2 aliphatic heterocycles. The standard InChI is InChI=1S/C53H62F3N3O14S3/c1-52(2)39-31-37(75(68,69)70)17-19-43(39)58(24-10-6-8-14-48(62)63)45(52)21-15-33-27-35(51(64)57-23-9-5-7-13-47(60)61)28-34(49(33)50-41(55)29-36(54)30-42(50)56)16-22-46-53(3,4)40-32-38(76(71,72)73)18-20-44(40)59(46)25-11-12-26-74(65,66)67/h15-22,29-32,35H,5-14,23-28H2,1-4H3,(H5-,57,60,61,62,63,64,65,66,67,68,69,70,71,72,73)/p+1. The highest BCUT2D eigenvalue weighted by Crippen LogP contribution is 2.50. The molecule has 6 rings (SSSR count). The molecule has 1 aliphatic carbocycles. The minimum atomic E-state index is -4.69. The predicted octanol–water partition coefficient (Wildman–Crippen LogP) is 9.08. The second kappa shape index (κ2) is 23.7. The van der Waals surface area contributed by atoms with Crippen molar-refractivity contribution in [2.45, 2.75) is 125 Å². The van der Waals surface area contributed by atoms with Crippen LogP contribution in [0.1, 0.15) is 121 Å². The van der Waals surface area contributed by atoms with Crippen LogP contribution in [-0.4, -0.2) is 103 Å². The first-order valence-corrected chi connectivity index (χ1v) is 29.2. The normalized spacial score (nSPS) is 18.5. The third kappa shape index (κ3) is 14.1. The number of hydrogen-bond acceptors (Lipinski definition) is 10. The Morgan fingerprint density at radius 1 is 0.711 bits per heavy atom. The minimum absolute atomic E-state index is 0.0232. The summed E-state index contributed by atoms with van der Waals surface area (Å²) in [5.74, 6) is -7.58. The summed E-state index contributed by atoms with van der Waals surface area (Å²) in [4.78, 5) is 37.7. The Morgan fingerprint density at radius 2 is 1.30 bits per heavy atom. The predicted molar refractivity (Wildman–Crippen MR) is 278 cm³/mol. The zero-order valence-corrected chi connectivity index (χ0v) is 44.9. The molecule has 0 spiro atoms. The monoisotopic (exact) mass is 1120 g/mol. The molecule has 0 bridgehead atoms. The third-order valence-corrected chi connectivity index (χ3v) is 16.6. The first-order valence-electron chi connectivity index (χ1n) is 24.7. The van der Waals surface area contributed by atoms with Gasteiger partial charge in [0.05, 0.1) is 26.5 Å². The van der Waals surface area contributed by atoms with Crippen molar-refractivity contribution >= 4 is 70.9 Å². The molecule has 3 aliphatic rings. The molecule has 2 heterocycles. The number of carbonyl (C=O) groups excluding carboxylic acids is 1. The van der Waals surface area contributed by atoms with Gasteiger partial charge >= 0.3 is 11.9 Å². The van der Waals surface area contributed by atoms with E-state index in [2.05, 4.69) is 5.32 Å². The van der Waals surface area contributed by atoms with Crippen LogP contribution >= 0.6 is 0 Å². The molecule has 17 nitrogen and oxygen atoms in total. The van der Waals surface area contributed by atoms with Crippen LogP contribution in [0.25, 0.3) is 5.57 Å². The number of unbranched alkanes of at least 4 members (excludes halogenated alkanes) is 5. The third-order valence-electron chi connectivity index (χ3n) is 14.1. The SMILES string of the molecule is CC1(C)C(/C=C/C2=C(c3c(F)cc(F)cc3F)C(=C/C=C3/N(CCCCS(=O)(=O)O)c4ccc(S(=O)(=O)O)cc4C3(C)C)/CC(C(=O)NCCCCCC(=O)O)C2)=[N+](CCCCCC(=O)O)c2ccc(S(=O)(=O)O)cc21. The van der Waals surface area contributed by atoms with Crippen molar-refractivity contribution in [1.29, 1.82) is 0 Å². The number of nitrogens with one attached hydrogen (secondary N) is 1. The van der Waals surface area contributed by atoms with Crippen molar-refractivity contribution in [3.63, 3.8) is 0 Å². The Balaban J connectivity index is 1.57. The lowest BCUT2D eigenvalue weighted by Gasteiger charge is -2.30. The molecule has 0 saturated carbocycles. The molecule has 1 amide bonds. The van der Waals surface area contributed by atoms with Gasteiger partial charge in [0, 0.05) is 84.9 Å². The van der Waals surface area contributed by atoms with Gasteiger partial charge in [0.15, 0.2) is 5.71 Å². The fourth-order valence-electron chi connectivity index (χ4n) is 10.3. The van der Waals surface area contributed by atoms with Gasteiger partial charge in [0.2, 0.25) is 11.6 Å². The van der Waals surface area contributed by atoms with Gasteiger partial charge in [-0.25, -0.2) is 13.2 Å². The smallest absolute Gasteiger partial charge is 0.303 e. The van der Waals surface area contributed by atoms with Crippen molar-refractivity contribution in [2.75, 3.05) is 30.3 Å². The van der Waals surface area contributed by atoms with Gasteiger partial charge in [0.1, 0.15) is 24.0 Å². The van der Waals surface area contributed by atoms with Crippen LogP contribution < -0.4 is 10.2 Å². The highest BCUT2D eigenvalue weighted by Gasteiger charge is 2.46. The minimum Gasteiger partial charge on any atom is -0.481 e. The zero-order valence-electron chi connectivity index (χ0n) is 42.5. The number of nitrogens with zero attached hydrogens (tertiary/aromatic N) is 2. The van der Waals surface area contributed by atoms with Crippen molar-refractivity contribution in [3.05, 3.63) is 124 Å². The fraction of sp³-hybridized carbons (Fsp3) is 0.434. The Hall–Kier alpha value is -5.98. The maximum absolute atomic E-state index is 16.4. The number of carboxylic acids is 2. The molecule has 0 aromatic heterocycles. The molecular formula is C53H63F3N3O14S3+. The maximum Gasteiger partial charge on any atom is 0.303 e. The molecule has 23 heteroatoms. The molecule has 76 heavy (non-hydrogen) atoms. The van der Waals surface area contributed by atoms with Crippen molar-refractivity contribution in [3.8, 4) is 0 Å². The Bertz CT molecular complexity index is 3290. The fourth-order valence-corrected chi connectivity index (χ4v) is 11.9. The quantitative estimate of drug-likeness (QED) is 0.0277. The second-order valence-electron chi connectivity index (χ2n) is 20.3. The molecule has 3 aromatic rings. The lowest BCUT2D eigenvalue weighted by molar-refractivity contribution is -0.438. The van der Waals surface area contributed by atoms with Gasteiger partial charge in [0.25, 0.3) is 30.4 Å². The number of allylic oxidation sites excluding steroid dienone is 8. The van der Waals surface area contributed by atoms with Crippen LogP contribution in [-0.2, 0) is 55.6 Å². The Labute approximate surface area is 440 Å².